The lowest BCUT2D eigenvalue weighted by Gasteiger charge is -2.12. The van der Waals surface area contributed by atoms with Crippen molar-refractivity contribution in [3.8, 4) is 5.82 Å². The van der Waals surface area contributed by atoms with Crippen LogP contribution in [0.2, 0.25) is 5.02 Å². The Morgan fingerprint density at radius 3 is 2.63 bits per heavy atom. The van der Waals surface area contributed by atoms with Crippen LogP contribution >= 0.6 is 11.6 Å². The number of anilines is 1. The van der Waals surface area contributed by atoms with Gasteiger partial charge >= 0.3 is 6.18 Å². The Hall–Kier alpha value is -3.14. The molecule has 0 spiro atoms. The number of nitro groups is 1. The SMILES string of the molecule is O=[N+]([O-])c1cc(C(F)(F)F)c(Cl)cc1NCc1ccc(-n2cccn2)nc1. The minimum atomic E-state index is -4.79. The number of nitro benzene ring substituents is 1. The van der Waals surface area contributed by atoms with Crippen LogP contribution in [-0.4, -0.2) is 19.7 Å². The summed E-state index contributed by atoms with van der Waals surface area (Å²) in [4.78, 5) is 14.4. The van der Waals surface area contributed by atoms with Crippen LogP contribution < -0.4 is 5.32 Å². The molecule has 0 amide bonds. The molecule has 7 nitrogen and oxygen atoms in total. The van der Waals surface area contributed by atoms with Crippen LogP contribution in [0.4, 0.5) is 24.5 Å². The van der Waals surface area contributed by atoms with Crippen LogP contribution in [0.1, 0.15) is 11.1 Å². The number of halogens is 4. The van der Waals surface area contributed by atoms with Gasteiger partial charge in [-0.25, -0.2) is 9.67 Å². The van der Waals surface area contributed by atoms with Crippen molar-refractivity contribution in [1.82, 2.24) is 14.8 Å². The van der Waals surface area contributed by atoms with E-state index in [4.69, 9.17) is 11.6 Å². The number of alkyl halides is 3. The molecule has 2 heterocycles. The molecule has 0 aliphatic rings. The maximum atomic E-state index is 12.9. The van der Waals surface area contributed by atoms with Crippen LogP contribution in [0.25, 0.3) is 5.82 Å². The van der Waals surface area contributed by atoms with Crippen molar-refractivity contribution in [3.05, 3.63) is 75.2 Å². The topological polar surface area (TPSA) is 85.9 Å². The summed E-state index contributed by atoms with van der Waals surface area (Å²) in [7, 11) is 0. The normalized spacial score (nSPS) is 11.4. The zero-order valence-corrected chi connectivity index (χ0v) is 14.2. The van der Waals surface area contributed by atoms with E-state index >= 15 is 0 Å². The van der Waals surface area contributed by atoms with Crippen LogP contribution in [0.5, 0.6) is 0 Å². The van der Waals surface area contributed by atoms with Gasteiger partial charge in [0.2, 0.25) is 0 Å². The summed E-state index contributed by atoms with van der Waals surface area (Å²) < 4.78 is 40.2. The van der Waals surface area contributed by atoms with Crippen LogP contribution in [0.15, 0.2) is 48.9 Å². The largest absolute Gasteiger partial charge is 0.418 e. The number of nitrogens with zero attached hydrogens (tertiary/aromatic N) is 4. The molecular weight excluding hydrogens is 387 g/mol. The van der Waals surface area contributed by atoms with Gasteiger partial charge in [-0.2, -0.15) is 18.3 Å². The van der Waals surface area contributed by atoms with E-state index in [0.29, 0.717) is 17.4 Å². The van der Waals surface area contributed by atoms with Crippen molar-refractivity contribution in [1.29, 1.82) is 0 Å². The van der Waals surface area contributed by atoms with Gasteiger partial charge < -0.3 is 5.32 Å². The van der Waals surface area contributed by atoms with Gasteiger partial charge in [0.15, 0.2) is 5.82 Å². The minimum absolute atomic E-state index is 0.106. The predicted molar refractivity (Wildman–Crippen MR) is 91.8 cm³/mol. The molecule has 2 aromatic heterocycles. The summed E-state index contributed by atoms with van der Waals surface area (Å²) in [5.74, 6) is 0.576. The Morgan fingerprint density at radius 2 is 2.07 bits per heavy atom. The number of aromatic nitrogens is 3. The highest BCUT2D eigenvalue weighted by Gasteiger charge is 2.36. The lowest BCUT2D eigenvalue weighted by molar-refractivity contribution is -0.384. The molecule has 3 rings (SSSR count). The van der Waals surface area contributed by atoms with E-state index in [-0.39, 0.29) is 12.2 Å². The summed E-state index contributed by atoms with van der Waals surface area (Å²) in [5, 5.41) is 17.3. The van der Waals surface area contributed by atoms with Crippen molar-refractivity contribution in [2.75, 3.05) is 5.32 Å². The van der Waals surface area contributed by atoms with E-state index in [1.54, 1.807) is 35.3 Å². The number of nitrogens with one attached hydrogen (secondary N) is 1. The molecule has 0 fully saturated rings. The molecule has 0 atom stereocenters. The highest BCUT2D eigenvalue weighted by Crippen LogP contribution is 2.40. The molecule has 11 heteroatoms. The van der Waals surface area contributed by atoms with Gasteiger partial charge in [0.25, 0.3) is 5.69 Å². The fourth-order valence-corrected chi connectivity index (χ4v) is 2.60. The van der Waals surface area contributed by atoms with E-state index in [1.807, 2.05) is 0 Å². The smallest absolute Gasteiger partial charge is 0.375 e. The van der Waals surface area contributed by atoms with Crippen LogP contribution in [0.3, 0.4) is 0 Å². The van der Waals surface area contributed by atoms with E-state index in [0.717, 1.165) is 6.07 Å². The van der Waals surface area contributed by atoms with Crippen LogP contribution in [-0.2, 0) is 12.7 Å². The molecule has 0 radical (unpaired) electrons. The first kappa shape index (κ1) is 18.6. The zero-order valence-electron chi connectivity index (χ0n) is 13.4. The van der Waals surface area contributed by atoms with Gasteiger partial charge in [0.1, 0.15) is 5.69 Å². The molecule has 0 aliphatic carbocycles. The molecule has 0 unspecified atom stereocenters. The first-order valence-corrected chi connectivity index (χ1v) is 7.87. The predicted octanol–water partition coefficient (Wildman–Crippen LogP) is 4.46. The summed E-state index contributed by atoms with van der Waals surface area (Å²) in [6.45, 7) is 0.106. The maximum absolute atomic E-state index is 12.9. The van der Waals surface area contributed by atoms with Gasteiger partial charge in [0.05, 0.1) is 15.5 Å². The van der Waals surface area contributed by atoms with E-state index < -0.39 is 27.4 Å². The third kappa shape index (κ3) is 4.17. The van der Waals surface area contributed by atoms with Crippen molar-refractivity contribution in [3.63, 3.8) is 0 Å². The molecule has 3 aromatic rings. The molecule has 1 N–H and O–H groups in total. The van der Waals surface area contributed by atoms with Gasteiger partial charge in [-0.15, -0.1) is 0 Å². The Bertz CT molecular complexity index is 959. The van der Waals surface area contributed by atoms with Gasteiger partial charge in [0, 0.05) is 31.2 Å². The second-order valence-corrected chi connectivity index (χ2v) is 5.84. The number of hydrogen-bond donors (Lipinski definition) is 1. The van der Waals surface area contributed by atoms with E-state index in [9.17, 15) is 23.3 Å². The molecular formula is C16H11ClF3N5O2. The first-order chi connectivity index (χ1) is 12.8. The minimum Gasteiger partial charge on any atom is -0.375 e. The number of rotatable bonds is 5. The Labute approximate surface area is 155 Å². The third-order valence-corrected chi connectivity index (χ3v) is 3.93. The number of hydrogen-bond acceptors (Lipinski definition) is 5. The molecule has 0 saturated carbocycles. The second kappa shape index (κ2) is 7.23. The Balaban J connectivity index is 1.81. The second-order valence-electron chi connectivity index (χ2n) is 5.43. The average molecular weight is 398 g/mol. The van der Waals surface area contributed by atoms with Gasteiger partial charge in [-0.1, -0.05) is 17.7 Å². The Kier molecular flexibility index (Phi) is 5.00. The maximum Gasteiger partial charge on any atom is 0.418 e. The highest BCUT2D eigenvalue weighted by atomic mass is 35.5. The lowest BCUT2D eigenvalue weighted by Crippen LogP contribution is -2.09. The molecule has 1 aromatic carbocycles. The summed E-state index contributed by atoms with van der Waals surface area (Å²) in [5.41, 5.74) is -1.43. The fourth-order valence-electron chi connectivity index (χ4n) is 2.33. The highest BCUT2D eigenvalue weighted by molar-refractivity contribution is 6.31. The quantitative estimate of drug-likeness (QED) is 0.507. The number of pyridine rings is 1. The summed E-state index contributed by atoms with van der Waals surface area (Å²) in [6.07, 6.45) is 0.0621. The standard InChI is InChI=1S/C16H11ClF3N5O2/c17-12-7-13(14(25(26)27)6-11(12)16(18,19)20)21-8-10-2-3-15(22-9-10)24-5-1-4-23-24/h1-7,9,21H,8H2. The zero-order chi connectivity index (χ0) is 19.6. The Morgan fingerprint density at radius 1 is 1.30 bits per heavy atom. The van der Waals surface area contributed by atoms with Gasteiger partial charge in [-0.3, -0.25) is 10.1 Å². The average Bonchev–Trinajstić information content (AvgIpc) is 3.13. The summed E-state index contributed by atoms with van der Waals surface area (Å²) in [6, 6.07) is 6.47. The molecule has 0 saturated heterocycles. The molecule has 140 valence electrons. The molecule has 27 heavy (non-hydrogen) atoms. The first-order valence-electron chi connectivity index (χ1n) is 7.49. The molecule has 0 aliphatic heterocycles. The van der Waals surface area contributed by atoms with Crippen molar-refractivity contribution < 1.29 is 18.1 Å². The van der Waals surface area contributed by atoms with E-state index in [2.05, 4.69) is 15.4 Å². The molecule has 0 bridgehead atoms. The van der Waals surface area contributed by atoms with Crippen molar-refractivity contribution in [2.45, 2.75) is 12.7 Å². The third-order valence-electron chi connectivity index (χ3n) is 3.62. The number of benzene rings is 1. The van der Waals surface area contributed by atoms with Crippen molar-refractivity contribution in [2.24, 2.45) is 0 Å². The van der Waals surface area contributed by atoms with Crippen molar-refractivity contribution >= 4 is 23.0 Å². The summed E-state index contributed by atoms with van der Waals surface area (Å²) >= 11 is 5.65. The van der Waals surface area contributed by atoms with Gasteiger partial charge in [-0.05, 0) is 23.8 Å². The van der Waals surface area contributed by atoms with E-state index in [1.165, 1.54) is 6.20 Å². The van der Waals surface area contributed by atoms with Crippen LogP contribution in [0, 0.1) is 10.1 Å². The monoisotopic (exact) mass is 397 g/mol. The lowest BCUT2D eigenvalue weighted by atomic mass is 10.1. The fraction of sp³-hybridized carbons (Fsp3) is 0.125.